The minimum atomic E-state index is 0.589. The standard InChI is InChI=1S/C15H26N4/c1-12(2)19-9-6-13(7-10-19)18-14-5-4-8-17-15(14)11-16-3/h8,13,16,18H,1,4-7,9-11H2,2-3H3. The number of nitrogens with zero attached hydrogens (tertiary/aromatic N) is 2. The number of likely N-dealkylation sites (N-methyl/N-ethyl adjacent to an activating group) is 1. The van der Waals surface area contributed by atoms with Crippen LogP contribution < -0.4 is 10.6 Å². The van der Waals surface area contributed by atoms with Gasteiger partial charge >= 0.3 is 0 Å². The predicted molar refractivity (Wildman–Crippen MR) is 81.2 cm³/mol. The van der Waals surface area contributed by atoms with Crippen molar-refractivity contribution in [3.63, 3.8) is 0 Å². The summed E-state index contributed by atoms with van der Waals surface area (Å²) < 4.78 is 0. The fraction of sp³-hybridized carbons (Fsp3) is 0.667. The van der Waals surface area contributed by atoms with Crippen molar-refractivity contribution in [2.45, 2.75) is 38.6 Å². The number of nitrogens with one attached hydrogen (secondary N) is 2. The third-order valence-electron chi connectivity index (χ3n) is 3.88. The maximum atomic E-state index is 4.51. The third-order valence-corrected chi connectivity index (χ3v) is 3.88. The first-order chi connectivity index (χ1) is 9.20. The third kappa shape index (κ3) is 3.83. The second kappa shape index (κ2) is 6.75. The van der Waals surface area contributed by atoms with Gasteiger partial charge in [0, 0.05) is 43.3 Å². The lowest BCUT2D eigenvalue weighted by molar-refractivity contribution is 0.249. The summed E-state index contributed by atoms with van der Waals surface area (Å²) in [6.45, 7) is 9.20. The Kier molecular flexibility index (Phi) is 5.02. The highest BCUT2D eigenvalue weighted by atomic mass is 15.1. The molecule has 0 saturated carbocycles. The van der Waals surface area contributed by atoms with Gasteiger partial charge in [-0.15, -0.1) is 0 Å². The van der Waals surface area contributed by atoms with Gasteiger partial charge in [0.25, 0.3) is 0 Å². The number of likely N-dealkylation sites (tertiary alicyclic amines) is 1. The topological polar surface area (TPSA) is 39.7 Å². The van der Waals surface area contributed by atoms with Crippen molar-refractivity contribution in [3.05, 3.63) is 23.7 Å². The van der Waals surface area contributed by atoms with Gasteiger partial charge in [0.1, 0.15) is 0 Å². The largest absolute Gasteiger partial charge is 0.384 e. The summed E-state index contributed by atoms with van der Waals surface area (Å²) in [4.78, 5) is 6.89. The van der Waals surface area contributed by atoms with E-state index < -0.39 is 0 Å². The van der Waals surface area contributed by atoms with Crippen molar-refractivity contribution in [3.8, 4) is 0 Å². The summed E-state index contributed by atoms with van der Waals surface area (Å²) in [6.07, 6.45) is 6.56. The Bertz CT molecular complexity index is 376. The summed E-state index contributed by atoms with van der Waals surface area (Å²) in [7, 11) is 1.97. The molecule has 106 valence electrons. The van der Waals surface area contributed by atoms with Crippen LogP contribution in [0.5, 0.6) is 0 Å². The number of piperidine rings is 1. The highest BCUT2D eigenvalue weighted by Gasteiger charge is 2.20. The van der Waals surface area contributed by atoms with Crippen LogP contribution in [0.15, 0.2) is 28.7 Å². The molecule has 1 saturated heterocycles. The van der Waals surface area contributed by atoms with Gasteiger partial charge in [-0.05, 0) is 39.7 Å². The zero-order chi connectivity index (χ0) is 13.7. The molecule has 0 aromatic heterocycles. The van der Waals surface area contributed by atoms with Crippen molar-refractivity contribution in [1.82, 2.24) is 15.5 Å². The van der Waals surface area contributed by atoms with E-state index in [2.05, 4.69) is 34.0 Å². The maximum absolute atomic E-state index is 4.51. The number of rotatable bonds is 5. The zero-order valence-electron chi connectivity index (χ0n) is 12.2. The van der Waals surface area contributed by atoms with Gasteiger partial charge < -0.3 is 15.5 Å². The molecule has 0 radical (unpaired) electrons. The Morgan fingerprint density at radius 2 is 2.21 bits per heavy atom. The molecule has 0 amide bonds. The molecule has 2 rings (SSSR count). The SMILES string of the molecule is C=C(C)N1CCC(NC2=C(CNC)N=CCC2)CC1. The Morgan fingerprint density at radius 3 is 2.84 bits per heavy atom. The van der Waals surface area contributed by atoms with Gasteiger partial charge in [-0.3, -0.25) is 4.99 Å². The lowest BCUT2D eigenvalue weighted by Crippen LogP contribution is -2.42. The number of allylic oxidation sites excluding steroid dienone is 2. The van der Waals surface area contributed by atoms with Crippen LogP contribution in [0, 0.1) is 0 Å². The van der Waals surface area contributed by atoms with Crippen LogP contribution in [0.1, 0.15) is 32.6 Å². The fourth-order valence-corrected chi connectivity index (χ4v) is 2.73. The molecule has 4 nitrogen and oxygen atoms in total. The summed E-state index contributed by atoms with van der Waals surface area (Å²) in [5.41, 5.74) is 3.71. The average molecular weight is 262 g/mol. The van der Waals surface area contributed by atoms with Crippen LogP contribution in [-0.2, 0) is 0 Å². The molecule has 4 heteroatoms. The summed E-state index contributed by atoms with van der Waals surface area (Å²) in [5, 5.41) is 6.92. The maximum Gasteiger partial charge on any atom is 0.0726 e. The number of aliphatic imine (C=N–C) groups is 1. The molecule has 19 heavy (non-hydrogen) atoms. The molecule has 2 N–H and O–H groups in total. The average Bonchev–Trinajstić information content (AvgIpc) is 2.42. The van der Waals surface area contributed by atoms with Crippen molar-refractivity contribution in [2.24, 2.45) is 4.99 Å². The van der Waals surface area contributed by atoms with Gasteiger partial charge in [0.2, 0.25) is 0 Å². The van der Waals surface area contributed by atoms with E-state index in [1.54, 1.807) is 0 Å². The van der Waals surface area contributed by atoms with Crippen LogP contribution in [-0.4, -0.2) is 43.8 Å². The van der Waals surface area contributed by atoms with Gasteiger partial charge in [-0.25, -0.2) is 0 Å². The molecule has 0 aromatic rings. The summed E-state index contributed by atoms with van der Waals surface area (Å²) in [6, 6.07) is 0.589. The second-order valence-electron chi connectivity index (χ2n) is 5.45. The van der Waals surface area contributed by atoms with Crippen molar-refractivity contribution >= 4 is 6.21 Å². The summed E-state index contributed by atoms with van der Waals surface area (Å²) >= 11 is 0. The molecule has 0 aromatic carbocycles. The first-order valence-corrected chi connectivity index (χ1v) is 7.27. The second-order valence-corrected chi connectivity index (χ2v) is 5.45. The van der Waals surface area contributed by atoms with E-state index in [-0.39, 0.29) is 0 Å². The van der Waals surface area contributed by atoms with Crippen LogP contribution in [0.2, 0.25) is 0 Å². The Balaban J connectivity index is 1.90. The molecule has 0 atom stereocenters. The lowest BCUT2D eigenvalue weighted by atomic mass is 10.0. The molecule has 2 heterocycles. The van der Waals surface area contributed by atoms with Crippen molar-refractivity contribution in [1.29, 1.82) is 0 Å². The molecule has 2 aliphatic rings. The van der Waals surface area contributed by atoms with E-state index in [1.807, 2.05) is 13.3 Å². The van der Waals surface area contributed by atoms with E-state index in [4.69, 9.17) is 0 Å². The lowest BCUT2D eigenvalue weighted by Gasteiger charge is -2.35. The van der Waals surface area contributed by atoms with Gasteiger partial charge in [-0.1, -0.05) is 6.58 Å². The van der Waals surface area contributed by atoms with Crippen LogP contribution in [0.3, 0.4) is 0 Å². The Hall–Kier alpha value is -1.29. The normalized spacial score (nSPS) is 20.8. The van der Waals surface area contributed by atoms with Gasteiger partial charge in [-0.2, -0.15) is 0 Å². The molecule has 0 unspecified atom stereocenters. The Morgan fingerprint density at radius 1 is 1.47 bits per heavy atom. The zero-order valence-corrected chi connectivity index (χ0v) is 12.2. The van der Waals surface area contributed by atoms with E-state index in [0.29, 0.717) is 6.04 Å². The quantitative estimate of drug-likeness (QED) is 0.794. The minimum Gasteiger partial charge on any atom is -0.384 e. The smallest absolute Gasteiger partial charge is 0.0726 e. The highest BCUT2D eigenvalue weighted by Crippen LogP contribution is 2.19. The predicted octanol–water partition coefficient (Wildman–Crippen LogP) is 1.87. The van der Waals surface area contributed by atoms with Crippen LogP contribution in [0.25, 0.3) is 0 Å². The summed E-state index contributed by atoms with van der Waals surface area (Å²) in [5.74, 6) is 0. The van der Waals surface area contributed by atoms with Gasteiger partial charge in [0.15, 0.2) is 0 Å². The molecule has 2 aliphatic heterocycles. The monoisotopic (exact) mass is 262 g/mol. The van der Waals surface area contributed by atoms with E-state index >= 15 is 0 Å². The Labute approximate surface area is 116 Å². The van der Waals surface area contributed by atoms with E-state index in [1.165, 1.54) is 29.9 Å². The number of hydrogen-bond donors (Lipinski definition) is 2. The van der Waals surface area contributed by atoms with E-state index in [0.717, 1.165) is 32.5 Å². The first kappa shape index (κ1) is 14.1. The molecular formula is C15H26N4. The highest BCUT2D eigenvalue weighted by molar-refractivity contribution is 5.61. The number of hydrogen-bond acceptors (Lipinski definition) is 4. The van der Waals surface area contributed by atoms with Crippen molar-refractivity contribution in [2.75, 3.05) is 26.7 Å². The molecule has 0 bridgehead atoms. The van der Waals surface area contributed by atoms with Crippen molar-refractivity contribution < 1.29 is 0 Å². The van der Waals surface area contributed by atoms with Crippen LogP contribution >= 0.6 is 0 Å². The van der Waals surface area contributed by atoms with Crippen LogP contribution in [0.4, 0.5) is 0 Å². The molecular weight excluding hydrogens is 236 g/mol. The fourth-order valence-electron chi connectivity index (χ4n) is 2.73. The van der Waals surface area contributed by atoms with Gasteiger partial charge in [0.05, 0.1) is 5.70 Å². The molecule has 0 spiro atoms. The van der Waals surface area contributed by atoms with E-state index in [9.17, 15) is 0 Å². The molecule has 0 aliphatic carbocycles. The minimum absolute atomic E-state index is 0.589. The molecule has 1 fully saturated rings. The first-order valence-electron chi connectivity index (χ1n) is 7.27.